The highest BCUT2D eigenvalue weighted by Crippen LogP contribution is 2.18. The molecule has 2 heterocycles. The van der Waals surface area contributed by atoms with E-state index < -0.39 is 0 Å². The van der Waals surface area contributed by atoms with Crippen molar-refractivity contribution in [1.29, 1.82) is 0 Å². The molecule has 112 valence electrons. The summed E-state index contributed by atoms with van der Waals surface area (Å²) >= 11 is 1.81. The first-order valence-corrected chi connectivity index (χ1v) is 8.45. The van der Waals surface area contributed by atoms with Gasteiger partial charge >= 0.3 is 0 Å². The fraction of sp³-hybridized carbons (Fsp3) is 0.471. The van der Waals surface area contributed by atoms with Crippen LogP contribution in [0.4, 0.5) is 0 Å². The Kier molecular flexibility index (Phi) is 4.68. The molecular weight excluding hydrogens is 278 g/mol. The summed E-state index contributed by atoms with van der Waals surface area (Å²) in [6.07, 6.45) is 1.23. The molecular formula is C17H23N3S. The lowest BCUT2D eigenvalue weighted by Crippen LogP contribution is -2.31. The molecule has 3 rings (SSSR count). The molecule has 0 amide bonds. The van der Waals surface area contributed by atoms with Crippen molar-refractivity contribution < 1.29 is 0 Å². The first kappa shape index (κ1) is 14.7. The van der Waals surface area contributed by atoms with Gasteiger partial charge in [-0.1, -0.05) is 30.3 Å². The van der Waals surface area contributed by atoms with Crippen LogP contribution in [-0.2, 0) is 13.1 Å². The summed E-state index contributed by atoms with van der Waals surface area (Å²) in [6, 6.07) is 11.3. The molecule has 4 heteroatoms. The summed E-state index contributed by atoms with van der Waals surface area (Å²) in [5.41, 5.74) is 2.58. The number of aryl methyl sites for hydroxylation is 2. The molecule has 0 radical (unpaired) electrons. The summed E-state index contributed by atoms with van der Waals surface area (Å²) in [7, 11) is 0. The second-order valence-corrected chi connectivity index (χ2v) is 7.12. The van der Waals surface area contributed by atoms with E-state index in [-0.39, 0.29) is 0 Å². The molecule has 1 aliphatic rings. The minimum absolute atomic E-state index is 0.596. The number of aromatic nitrogens is 1. The first-order valence-electron chi connectivity index (χ1n) is 7.63. The van der Waals surface area contributed by atoms with Crippen LogP contribution in [0, 0.1) is 13.8 Å². The van der Waals surface area contributed by atoms with E-state index in [1.54, 1.807) is 0 Å². The Morgan fingerprint density at radius 2 is 2.10 bits per heavy atom. The summed E-state index contributed by atoms with van der Waals surface area (Å²) in [6.45, 7) is 8.53. The standard InChI is InChI=1S/C17H23N3S/c1-13-14(2)21-17(19-13)10-18-16-8-9-20(12-16)11-15-6-4-3-5-7-15/h3-7,16,18H,8-12H2,1-2H3/t16-/m1/s1. The van der Waals surface area contributed by atoms with Gasteiger partial charge in [0.2, 0.25) is 0 Å². The molecule has 0 bridgehead atoms. The Labute approximate surface area is 131 Å². The predicted octanol–water partition coefficient (Wildman–Crippen LogP) is 3.12. The van der Waals surface area contributed by atoms with E-state index in [9.17, 15) is 0 Å². The lowest BCUT2D eigenvalue weighted by Gasteiger charge is -2.16. The monoisotopic (exact) mass is 301 g/mol. The van der Waals surface area contributed by atoms with Crippen LogP contribution in [0.1, 0.15) is 27.6 Å². The molecule has 3 nitrogen and oxygen atoms in total. The van der Waals surface area contributed by atoms with Crippen LogP contribution >= 0.6 is 11.3 Å². The maximum absolute atomic E-state index is 4.60. The maximum Gasteiger partial charge on any atom is 0.107 e. The van der Waals surface area contributed by atoms with Crippen LogP contribution in [0.25, 0.3) is 0 Å². The Morgan fingerprint density at radius 3 is 2.81 bits per heavy atom. The smallest absolute Gasteiger partial charge is 0.107 e. The molecule has 0 aliphatic carbocycles. The van der Waals surface area contributed by atoms with E-state index in [4.69, 9.17) is 0 Å². The van der Waals surface area contributed by atoms with Crippen LogP contribution in [0.15, 0.2) is 30.3 Å². The molecule has 1 aromatic carbocycles. The van der Waals surface area contributed by atoms with E-state index in [0.29, 0.717) is 6.04 Å². The lowest BCUT2D eigenvalue weighted by atomic mass is 10.2. The van der Waals surface area contributed by atoms with Crippen molar-refractivity contribution in [2.24, 2.45) is 0 Å². The molecule has 1 fully saturated rings. The van der Waals surface area contributed by atoms with Gasteiger partial charge in [0.25, 0.3) is 0 Å². The second kappa shape index (κ2) is 6.69. The number of rotatable bonds is 5. The highest BCUT2D eigenvalue weighted by molar-refractivity contribution is 7.11. The average molecular weight is 301 g/mol. The van der Waals surface area contributed by atoms with E-state index in [1.807, 2.05) is 11.3 Å². The molecule has 2 aromatic rings. The molecule has 1 aliphatic heterocycles. The number of benzene rings is 1. The van der Waals surface area contributed by atoms with Crippen molar-refractivity contribution >= 4 is 11.3 Å². The van der Waals surface area contributed by atoms with Gasteiger partial charge < -0.3 is 5.32 Å². The zero-order chi connectivity index (χ0) is 14.7. The Balaban J connectivity index is 1.46. The summed E-state index contributed by atoms with van der Waals surface area (Å²) in [5, 5.41) is 4.87. The lowest BCUT2D eigenvalue weighted by molar-refractivity contribution is 0.320. The zero-order valence-corrected chi connectivity index (χ0v) is 13.6. The normalized spacial score (nSPS) is 19.2. The largest absolute Gasteiger partial charge is 0.306 e. The quantitative estimate of drug-likeness (QED) is 0.919. The fourth-order valence-electron chi connectivity index (χ4n) is 2.83. The minimum atomic E-state index is 0.596. The highest BCUT2D eigenvalue weighted by atomic mass is 32.1. The van der Waals surface area contributed by atoms with Crippen LogP contribution in [0.5, 0.6) is 0 Å². The fourth-order valence-corrected chi connectivity index (χ4v) is 3.72. The van der Waals surface area contributed by atoms with Gasteiger partial charge in [-0.15, -0.1) is 11.3 Å². The van der Waals surface area contributed by atoms with E-state index in [0.717, 1.165) is 19.6 Å². The van der Waals surface area contributed by atoms with Crippen LogP contribution in [0.3, 0.4) is 0 Å². The number of likely N-dealkylation sites (tertiary alicyclic amines) is 1. The number of nitrogens with zero attached hydrogens (tertiary/aromatic N) is 2. The van der Waals surface area contributed by atoms with Gasteiger partial charge in [-0.2, -0.15) is 0 Å². The molecule has 1 N–H and O–H groups in total. The average Bonchev–Trinajstić information content (AvgIpc) is 3.05. The predicted molar refractivity (Wildman–Crippen MR) is 88.6 cm³/mol. The van der Waals surface area contributed by atoms with E-state index in [2.05, 4.69) is 59.4 Å². The maximum atomic E-state index is 4.60. The van der Waals surface area contributed by atoms with Crippen molar-refractivity contribution in [2.75, 3.05) is 13.1 Å². The topological polar surface area (TPSA) is 28.2 Å². The number of hydrogen-bond donors (Lipinski definition) is 1. The van der Waals surface area contributed by atoms with Gasteiger partial charge in [-0.25, -0.2) is 4.98 Å². The summed E-state index contributed by atoms with van der Waals surface area (Å²) < 4.78 is 0. The first-order chi connectivity index (χ1) is 10.2. The third-order valence-corrected chi connectivity index (χ3v) is 5.21. The Bertz CT molecular complexity index is 559. The molecule has 0 unspecified atom stereocenters. The number of hydrogen-bond acceptors (Lipinski definition) is 4. The van der Waals surface area contributed by atoms with Gasteiger partial charge in [-0.3, -0.25) is 4.90 Å². The van der Waals surface area contributed by atoms with Gasteiger partial charge in [0.15, 0.2) is 0 Å². The van der Waals surface area contributed by atoms with Gasteiger partial charge in [-0.05, 0) is 25.8 Å². The second-order valence-electron chi connectivity index (χ2n) is 5.84. The van der Waals surface area contributed by atoms with E-state index >= 15 is 0 Å². The molecule has 1 saturated heterocycles. The van der Waals surface area contributed by atoms with Crippen LogP contribution in [0.2, 0.25) is 0 Å². The van der Waals surface area contributed by atoms with Gasteiger partial charge in [0, 0.05) is 37.1 Å². The van der Waals surface area contributed by atoms with Gasteiger partial charge in [0.1, 0.15) is 5.01 Å². The van der Waals surface area contributed by atoms with Crippen molar-refractivity contribution in [2.45, 2.75) is 39.4 Å². The third-order valence-electron chi connectivity index (χ3n) is 4.14. The molecule has 0 saturated carbocycles. The zero-order valence-electron chi connectivity index (χ0n) is 12.8. The van der Waals surface area contributed by atoms with Crippen molar-refractivity contribution in [3.63, 3.8) is 0 Å². The molecule has 21 heavy (non-hydrogen) atoms. The van der Waals surface area contributed by atoms with Crippen LogP contribution in [-0.4, -0.2) is 29.0 Å². The molecule has 1 atom stereocenters. The summed E-state index contributed by atoms with van der Waals surface area (Å²) in [5.74, 6) is 0. The Hall–Kier alpha value is -1.23. The highest BCUT2D eigenvalue weighted by Gasteiger charge is 2.22. The van der Waals surface area contributed by atoms with Crippen molar-refractivity contribution in [3.8, 4) is 0 Å². The Morgan fingerprint density at radius 1 is 1.29 bits per heavy atom. The number of nitrogens with one attached hydrogen (secondary N) is 1. The third kappa shape index (κ3) is 3.90. The summed E-state index contributed by atoms with van der Waals surface area (Å²) in [4.78, 5) is 8.47. The van der Waals surface area contributed by atoms with Crippen molar-refractivity contribution in [1.82, 2.24) is 15.2 Å². The van der Waals surface area contributed by atoms with Crippen molar-refractivity contribution in [3.05, 3.63) is 51.5 Å². The molecule has 1 aromatic heterocycles. The minimum Gasteiger partial charge on any atom is -0.306 e. The SMILES string of the molecule is Cc1nc(CN[C@@H]2CCN(Cc3ccccc3)C2)sc1C. The van der Waals surface area contributed by atoms with E-state index in [1.165, 1.54) is 34.1 Å². The van der Waals surface area contributed by atoms with Gasteiger partial charge in [0.05, 0.1) is 5.69 Å². The van der Waals surface area contributed by atoms with Crippen LogP contribution < -0.4 is 5.32 Å². The number of thiazole rings is 1. The molecule has 0 spiro atoms.